The number of aromatic nitrogens is 1. The summed E-state index contributed by atoms with van der Waals surface area (Å²) in [6.07, 6.45) is 0.649. The van der Waals surface area contributed by atoms with Crippen molar-refractivity contribution < 1.29 is 8.42 Å². The molecule has 0 amide bonds. The van der Waals surface area contributed by atoms with Crippen LogP contribution in [0, 0.1) is 0 Å². The predicted octanol–water partition coefficient (Wildman–Crippen LogP) is 1.36. The van der Waals surface area contributed by atoms with E-state index in [-0.39, 0.29) is 11.5 Å². The molecule has 1 aliphatic heterocycles. The molecule has 0 radical (unpaired) electrons. The molecule has 88 valence electrons. The van der Waals surface area contributed by atoms with Gasteiger partial charge in [0.05, 0.1) is 11.5 Å². The summed E-state index contributed by atoms with van der Waals surface area (Å²) in [5.41, 5.74) is 0. The molecule has 0 bridgehead atoms. The van der Waals surface area contributed by atoms with Crippen molar-refractivity contribution in [2.24, 2.45) is 0 Å². The summed E-state index contributed by atoms with van der Waals surface area (Å²) in [5.74, 6) is 1.22. The standard InChI is InChI=1S/C10H13ClN2O2S/c11-9-3-1-4-10(12-9)13-5-2-7-16(14,15)8-6-13/h1,3-4H,2,5-8H2. The zero-order chi connectivity index (χ0) is 11.6. The Morgan fingerprint density at radius 2 is 2.06 bits per heavy atom. The Bertz CT molecular complexity index is 475. The predicted molar refractivity (Wildman–Crippen MR) is 64.7 cm³/mol. The molecule has 0 aliphatic carbocycles. The number of rotatable bonds is 1. The van der Waals surface area contributed by atoms with Crippen molar-refractivity contribution in [1.82, 2.24) is 4.98 Å². The van der Waals surface area contributed by atoms with E-state index in [4.69, 9.17) is 11.6 Å². The number of pyridine rings is 1. The van der Waals surface area contributed by atoms with Crippen LogP contribution in [0.5, 0.6) is 0 Å². The van der Waals surface area contributed by atoms with Crippen LogP contribution < -0.4 is 4.90 Å². The lowest BCUT2D eigenvalue weighted by Crippen LogP contribution is -2.27. The normalized spacial score (nSPS) is 20.4. The van der Waals surface area contributed by atoms with Crippen molar-refractivity contribution in [3.63, 3.8) is 0 Å². The molecule has 2 heterocycles. The average molecular weight is 261 g/mol. The first-order chi connectivity index (χ1) is 7.57. The Labute approximate surface area is 100 Å². The largest absolute Gasteiger partial charge is 0.356 e. The first-order valence-corrected chi connectivity index (χ1v) is 7.35. The molecule has 1 aromatic rings. The van der Waals surface area contributed by atoms with E-state index < -0.39 is 9.84 Å². The van der Waals surface area contributed by atoms with Crippen molar-refractivity contribution in [2.45, 2.75) is 6.42 Å². The van der Waals surface area contributed by atoms with Crippen molar-refractivity contribution in [3.8, 4) is 0 Å². The number of hydrogen-bond acceptors (Lipinski definition) is 4. The van der Waals surface area contributed by atoms with Crippen LogP contribution >= 0.6 is 11.6 Å². The van der Waals surface area contributed by atoms with Gasteiger partial charge in [0, 0.05) is 13.1 Å². The molecule has 16 heavy (non-hydrogen) atoms. The van der Waals surface area contributed by atoms with Gasteiger partial charge in [0.25, 0.3) is 0 Å². The molecule has 2 rings (SSSR count). The molecule has 1 saturated heterocycles. The van der Waals surface area contributed by atoms with E-state index in [9.17, 15) is 8.42 Å². The molecular formula is C10H13ClN2O2S. The lowest BCUT2D eigenvalue weighted by atomic mass is 10.3. The van der Waals surface area contributed by atoms with Gasteiger partial charge in [-0.3, -0.25) is 0 Å². The van der Waals surface area contributed by atoms with Gasteiger partial charge in [-0.15, -0.1) is 0 Å². The zero-order valence-corrected chi connectivity index (χ0v) is 10.3. The summed E-state index contributed by atoms with van der Waals surface area (Å²) in [7, 11) is -2.87. The van der Waals surface area contributed by atoms with Gasteiger partial charge in [-0.05, 0) is 18.6 Å². The minimum Gasteiger partial charge on any atom is -0.356 e. The van der Waals surface area contributed by atoms with Gasteiger partial charge in [-0.2, -0.15) is 0 Å². The second kappa shape index (κ2) is 4.59. The maximum atomic E-state index is 11.4. The molecule has 0 spiro atoms. The van der Waals surface area contributed by atoms with Crippen LogP contribution in [0.2, 0.25) is 5.15 Å². The van der Waals surface area contributed by atoms with E-state index >= 15 is 0 Å². The molecule has 0 atom stereocenters. The van der Waals surface area contributed by atoms with Gasteiger partial charge in [0.1, 0.15) is 11.0 Å². The molecule has 0 aromatic carbocycles. The molecule has 1 fully saturated rings. The molecule has 1 aromatic heterocycles. The van der Waals surface area contributed by atoms with E-state index in [1.54, 1.807) is 6.07 Å². The highest BCUT2D eigenvalue weighted by molar-refractivity contribution is 7.91. The fraction of sp³-hybridized carbons (Fsp3) is 0.500. The Kier molecular flexibility index (Phi) is 3.35. The second-order valence-corrected chi connectivity index (χ2v) is 6.50. The minimum atomic E-state index is -2.87. The van der Waals surface area contributed by atoms with Crippen LogP contribution in [0.25, 0.3) is 0 Å². The zero-order valence-electron chi connectivity index (χ0n) is 8.76. The molecule has 0 saturated carbocycles. The summed E-state index contributed by atoms with van der Waals surface area (Å²) in [6.45, 7) is 1.21. The fourth-order valence-corrected chi connectivity index (χ4v) is 3.17. The van der Waals surface area contributed by atoms with Gasteiger partial charge < -0.3 is 4.90 Å². The van der Waals surface area contributed by atoms with E-state index in [0.717, 1.165) is 5.82 Å². The van der Waals surface area contributed by atoms with Crippen LogP contribution in [0.3, 0.4) is 0 Å². The van der Waals surface area contributed by atoms with Crippen LogP contribution in [0.1, 0.15) is 6.42 Å². The summed E-state index contributed by atoms with van der Waals surface area (Å²) in [6, 6.07) is 5.38. The van der Waals surface area contributed by atoms with Crippen molar-refractivity contribution in [3.05, 3.63) is 23.4 Å². The SMILES string of the molecule is O=S1(=O)CCCN(c2cccc(Cl)n2)CC1. The maximum absolute atomic E-state index is 11.4. The minimum absolute atomic E-state index is 0.196. The molecule has 0 unspecified atom stereocenters. The first kappa shape index (κ1) is 11.7. The fourth-order valence-electron chi connectivity index (χ4n) is 1.74. The van der Waals surface area contributed by atoms with Gasteiger partial charge in [0.15, 0.2) is 9.84 Å². The summed E-state index contributed by atoms with van der Waals surface area (Å²) in [5, 5.41) is 0.435. The third kappa shape index (κ3) is 2.86. The lowest BCUT2D eigenvalue weighted by Gasteiger charge is -2.20. The van der Waals surface area contributed by atoms with Crippen LogP contribution in [-0.2, 0) is 9.84 Å². The molecule has 6 heteroatoms. The second-order valence-electron chi connectivity index (χ2n) is 3.81. The number of halogens is 1. The van der Waals surface area contributed by atoms with E-state index in [2.05, 4.69) is 4.98 Å². The summed E-state index contributed by atoms with van der Waals surface area (Å²) < 4.78 is 22.9. The summed E-state index contributed by atoms with van der Waals surface area (Å²) >= 11 is 5.80. The third-order valence-electron chi connectivity index (χ3n) is 2.58. The van der Waals surface area contributed by atoms with Crippen LogP contribution in [-0.4, -0.2) is 38.0 Å². The Morgan fingerprint density at radius 3 is 2.81 bits per heavy atom. The van der Waals surface area contributed by atoms with Crippen molar-refractivity contribution in [2.75, 3.05) is 29.5 Å². The molecule has 1 aliphatic rings. The van der Waals surface area contributed by atoms with Gasteiger partial charge in [0.2, 0.25) is 0 Å². The van der Waals surface area contributed by atoms with Crippen molar-refractivity contribution >= 4 is 27.3 Å². The summed E-state index contributed by atoms with van der Waals surface area (Å²) in [4.78, 5) is 6.15. The molecule has 0 N–H and O–H groups in total. The Hall–Kier alpha value is -0.810. The Morgan fingerprint density at radius 1 is 1.25 bits per heavy atom. The van der Waals surface area contributed by atoms with Gasteiger partial charge in [-0.1, -0.05) is 17.7 Å². The maximum Gasteiger partial charge on any atom is 0.152 e. The number of sulfone groups is 1. The highest BCUT2D eigenvalue weighted by Gasteiger charge is 2.19. The monoisotopic (exact) mass is 260 g/mol. The number of anilines is 1. The number of nitrogens with zero attached hydrogens (tertiary/aromatic N) is 2. The lowest BCUT2D eigenvalue weighted by molar-refractivity contribution is 0.597. The highest BCUT2D eigenvalue weighted by atomic mass is 35.5. The highest BCUT2D eigenvalue weighted by Crippen LogP contribution is 2.16. The molecular weight excluding hydrogens is 248 g/mol. The number of hydrogen-bond donors (Lipinski definition) is 0. The van der Waals surface area contributed by atoms with Crippen molar-refractivity contribution in [1.29, 1.82) is 0 Å². The van der Waals surface area contributed by atoms with Crippen LogP contribution in [0.15, 0.2) is 18.2 Å². The van der Waals surface area contributed by atoms with E-state index in [1.807, 2.05) is 17.0 Å². The van der Waals surface area contributed by atoms with E-state index in [1.165, 1.54) is 0 Å². The Balaban J connectivity index is 2.17. The average Bonchev–Trinajstić information content (AvgIpc) is 2.39. The molecule has 4 nitrogen and oxygen atoms in total. The van der Waals surface area contributed by atoms with Gasteiger partial charge in [-0.25, -0.2) is 13.4 Å². The quantitative estimate of drug-likeness (QED) is 0.716. The third-order valence-corrected chi connectivity index (χ3v) is 4.51. The van der Waals surface area contributed by atoms with Crippen LogP contribution in [0.4, 0.5) is 5.82 Å². The smallest absolute Gasteiger partial charge is 0.152 e. The van der Waals surface area contributed by atoms with E-state index in [0.29, 0.717) is 24.7 Å². The van der Waals surface area contributed by atoms with Gasteiger partial charge >= 0.3 is 0 Å². The first-order valence-electron chi connectivity index (χ1n) is 5.15. The topological polar surface area (TPSA) is 50.3 Å².